The van der Waals surface area contributed by atoms with Crippen molar-refractivity contribution in [2.45, 2.75) is 6.92 Å². The predicted molar refractivity (Wildman–Crippen MR) is 61.3 cm³/mol. The lowest BCUT2D eigenvalue weighted by Gasteiger charge is -2.04. The van der Waals surface area contributed by atoms with Gasteiger partial charge in [0.1, 0.15) is 0 Å². The first-order chi connectivity index (χ1) is 7.50. The quantitative estimate of drug-likeness (QED) is 0.288. The third-order valence-electron chi connectivity index (χ3n) is 1.96. The second-order valence-corrected chi connectivity index (χ2v) is 3.22. The van der Waals surface area contributed by atoms with Crippen LogP contribution in [0.5, 0.6) is 0 Å². The average molecular weight is 221 g/mol. The van der Waals surface area contributed by atoms with Gasteiger partial charge in [-0.2, -0.15) is 5.10 Å². The van der Waals surface area contributed by atoms with Crippen LogP contribution in [0.2, 0.25) is 0 Å². The molecule has 6 nitrogen and oxygen atoms in total. The van der Waals surface area contributed by atoms with Gasteiger partial charge in [0.15, 0.2) is 0 Å². The number of benzene rings is 1. The number of carbonyl (C=O) groups is 1. The topological polar surface area (TPSA) is 108 Å². The lowest BCUT2D eigenvalue weighted by Crippen LogP contribution is -2.32. The van der Waals surface area contributed by atoms with Gasteiger partial charge in [-0.3, -0.25) is 0 Å². The smallest absolute Gasteiger partial charge is 0.423 e. The van der Waals surface area contributed by atoms with Crippen LogP contribution < -0.4 is 16.6 Å². The predicted octanol–water partition coefficient (Wildman–Crippen LogP) is -1.32. The molecule has 2 amide bonds. The average Bonchev–Trinajstić information content (AvgIpc) is 2.16. The maximum Gasteiger partial charge on any atom is 0.488 e. The molecule has 0 aliphatic carbocycles. The largest absolute Gasteiger partial charge is 0.488 e. The summed E-state index contributed by atoms with van der Waals surface area (Å²) >= 11 is 0. The highest BCUT2D eigenvalue weighted by Gasteiger charge is 2.13. The van der Waals surface area contributed by atoms with Gasteiger partial charge in [-0.25, -0.2) is 10.2 Å². The number of urea groups is 1. The van der Waals surface area contributed by atoms with Crippen LogP contribution in [0.3, 0.4) is 0 Å². The van der Waals surface area contributed by atoms with Crippen molar-refractivity contribution in [2.75, 3.05) is 0 Å². The van der Waals surface area contributed by atoms with Crippen LogP contribution in [0, 0.1) is 6.92 Å². The molecule has 0 saturated carbocycles. The summed E-state index contributed by atoms with van der Waals surface area (Å²) in [6, 6.07) is 4.19. The van der Waals surface area contributed by atoms with Crippen LogP contribution in [0.4, 0.5) is 4.79 Å². The van der Waals surface area contributed by atoms with Gasteiger partial charge in [-0.1, -0.05) is 23.8 Å². The van der Waals surface area contributed by atoms with Crippen molar-refractivity contribution in [1.82, 2.24) is 5.43 Å². The van der Waals surface area contributed by atoms with E-state index in [4.69, 9.17) is 15.8 Å². The SMILES string of the molecule is Cc1cc(C=NNC(N)=O)ccc1B(O)O. The molecule has 1 rings (SSSR count). The summed E-state index contributed by atoms with van der Waals surface area (Å²) in [5.41, 5.74) is 8.75. The molecule has 0 atom stereocenters. The van der Waals surface area contributed by atoms with Crippen molar-refractivity contribution in [3.63, 3.8) is 0 Å². The van der Waals surface area contributed by atoms with Crippen molar-refractivity contribution >= 4 is 24.8 Å². The number of nitrogens with zero attached hydrogens (tertiary/aromatic N) is 1. The van der Waals surface area contributed by atoms with Crippen LogP contribution >= 0.6 is 0 Å². The first-order valence-corrected chi connectivity index (χ1v) is 4.56. The molecule has 0 unspecified atom stereocenters. The number of hydrogen-bond donors (Lipinski definition) is 4. The van der Waals surface area contributed by atoms with E-state index < -0.39 is 13.1 Å². The highest BCUT2D eigenvalue weighted by molar-refractivity contribution is 6.59. The summed E-state index contributed by atoms with van der Waals surface area (Å²) in [5.74, 6) is 0. The van der Waals surface area contributed by atoms with E-state index in [2.05, 4.69) is 10.5 Å². The number of rotatable bonds is 3. The minimum atomic E-state index is -1.49. The molecular weight excluding hydrogens is 209 g/mol. The monoisotopic (exact) mass is 221 g/mol. The van der Waals surface area contributed by atoms with Crippen LogP contribution in [0.15, 0.2) is 23.3 Å². The fourth-order valence-corrected chi connectivity index (χ4v) is 1.24. The van der Waals surface area contributed by atoms with Gasteiger partial charge in [-0.15, -0.1) is 0 Å². The number of carbonyl (C=O) groups excluding carboxylic acids is 1. The van der Waals surface area contributed by atoms with Gasteiger partial charge in [0.25, 0.3) is 0 Å². The molecule has 0 aromatic heterocycles. The van der Waals surface area contributed by atoms with Gasteiger partial charge in [0.05, 0.1) is 6.21 Å². The second-order valence-electron chi connectivity index (χ2n) is 3.22. The van der Waals surface area contributed by atoms with Crippen LogP contribution in [0.25, 0.3) is 0 Å². The molecule has 0 radical (unpaired) electrons. The Morgan fingerprint density at radius 1 is 1.56 bits per heavy atom. The standard InChI is InChI=1S/C9H12BN3O3/c1-6-4-7(5-12-13-9(11)14)2-3-8(6)10(15)16/h2-5,15-16H,1H3,(H3,11,13,14). The minimum Gasteiger partial charge on any atom is -0.423 e. The summed E-state index contributed by atoms with van der Waals surface area (Å²) in [7, 11) is -1.49. The maximum absolute atomic E-state index is 10.3. The van der Waals surface area contributed by atoms with Crippen LogP contribution in [-0.2, 0) is 0 Å². The maximum atomic E-state index is 10.3. The normalized spacial score (nSPS) is 10.4. The van der Waals surface area contributed by atoms with E-state index >= 15 is 0 Å². The molecule has 16 heavy (non-hydrogen) atoms. The molecular formula is C9H12BN3O3. The van der Waals surface area contributed by atoms with Crippen molar-refractivity contribution < 1.29 is 14.8 Å². The molecule has 0 aliphatic heterocycles. The molecule has 0 bridgehead atoms. The first-order valence-electron chi connectivity index (χ1n) is 4.56. The molecule has 84 valence electrons. The number of nitrogens with one attached hydrogen (secondary N) is 1. The zero-order chi connectivity index (χ0) is 12.1. The molecule has 1 aromatic carbocycles. The van der Waals surface area contributed by atoms with E-state index in [1.54, 1.807) is 25.1 Å². The number of hydrogen-bond acceptors (Lipinski definition) is 4. The third kappa shape index (κ3) is 3.37. The van der Waals surface area contributed by atoms with Gasteiger partial charge < -0.3 is 15.8 Å². The highest BCUT2D eigenvalue weighted by Crippen LogP contribution is 2.00. The molecule has 0 aliphatic rings. The van der Waals surface area contributed by atoms with E-state index in [1.807, 2.05) is 0 Å². The third-order valence-corrected chi connectivity index (χ3v) is 1.96. The van der Waals surface area contributed by atoms with E-state index in [-0.39, 0.29) is 0 Å². The summed E-state index contributed by atoms with van der Waals surface area (Å²) in [4.78, 5) is 10.3. The minimum absolute atomic E-state index is 0.431. The number of amides is 2. The number of nitrogens with two attached hydrogens (primary N) is 1. The molecule has 0 heterocycles. The molecule has 1 aromatic rings. The molecule has 0 saturated heterocycles. The number of primary amides is 1. The lowest BCUT2D eigenvalue weighted by atomic mass is 9.77. The van der Waals surface area contributed by atoms with Gasteiger partial charge >= 0.3 is 13.1 Å². The van der Waals surface area contributed by atoms with Crippen molar-refractivity contribution in [3.8, 4) is 0 Å². The van der Waals surface area contributed by atoms with Gasteiger partial charge in [0, 0.05) is 0 Å². The Morgan fingerprint density at radius 2 is 2.25 bits per heavy atom. The van der Waals surface area contributed by atoms with Crippen molar-refractivity contribution in [1.29, 1.82) is 0 Å². The summed E-state index contributed by atoms with van der Waals surface area (Å²) in [6.45, 7) is 1.74. The zero-order valence-corrected chi connectivity index (χ0v) is 8.71. The number of aryl methyl sites for hydroxylation is 1. The summed E-state index contributed by atoms with van der Waals surface area (Å²) < 4.78 is 0. The Labute approximate surface area is 92.9 Å². The van der Waals surface area contributed by atoms with Crippen LogP contribution in [-0.4, -0.2) is 29.4 Å². The lowest BCUT2D eigenvalue weighted by molar-refractivity contribution is 0.249. The Balaban J connectivity index is 2.81. The van der Waals surface area contributed by atoms with E-state index in [0.717, 1.165) is 11.1 Å². The van der Waals surface area contributed by atoms with Gasteiger partial charge in [-0.05, 0) is 17.9 Å². The van der Waals surface area contributed by atoms with Crippen molar-refractivity contribution in [3.05, 3.63) is 29.3 Å². The van der Waals surface area contributed by atoms with E-state index in [9.17, 15) is 4.79 Å². The molecule has 5 N–H and O–H groups in total. The molecule has 0 fully saturated rings. The Bertz CT molecular complexity index is 420. The Morgan fingerprint density at radius 3 is 2.75 bits per heavy atom. The Kier molecular flexibility index (Phi) is 4.04. The van der Waals surface area contributed by atoms with E-state index in [1.165, 1.54) is 6.21 Å². The summed E-state index contributed by atoms with van der Waals surface area (Å²) in [6.07, 6.45) is 1.41. The first kappa shape index (κ1) is 12.2. The van der Waals surface area contributed by atoms with Crippen molar-refractivity contribution in [2.24, 2.45) is 10.8 Å². The van der Waals surface area contributed by atoms with Gasteiger partial charge in [0.2, 0.25) is 0 Å². The fraction of sp³-hybridized carbons (Fsp3) is 0.111. The summed E-state index contributed by atoms with van der Waals surface area (Å²) in [5, 5.41) is 21.6. The van der Waals surface area contributed by atoms with E-state index in [0.29, 0.717) is 5.46 Å². The Hall–Kier alpha value is -1.86. The fourth-order valence-electron chi connectivity index (χ4n) is 1.24. The molecule has 0 spiro atoms. The number of hydrazone groups is 1. The molecule has 7 heteroatoms. The van der Waals surface area contributed by atoms with Crippen LogP contribution in [0.1, 0.15) is 11.1 Å². The zero-order valence-electron chi connectivity index (χ0n) is 8.71. The second kappa shape index (κ2) is 5.29. The highest BCUT2D eigenvalue weighted by atomic mass is 16.4.